The van der Waals surface area contributed by atoms with Gasteiger partial charge in [0.1, 0.15) is 18.0 Å². The fraction of sp³-hybridized carbons (Fsp3) is 0.353. The average Bonchev–Trinajstić information content (AvgIpc) is 3.64. The molecule has 246 valence electrons. The van der Waals surface area contributed by atoms with Crippen molar-refractivity contribution in [1.82, 2.24) is 30.1 Å². The van der Waals surface area contributed by atoms with Crippen LogP contribution in [0.15, 0.2) is 66.7 Å². The van der Waals surface area contributed by atoms with Crippen LogP contribution in [0, 0.1) is 0 Å². The van der Waals surface area contributed by atoms with Crippen molar-refractivity contribution < 1.29 is 19.1 Å². The number of carbonyl (C=O) groups is 3. The summed E-state index contributed by atoms with van der Waals surface area (Å²) >= 11 is 1.55. The van der Waals surface area contributed by atoms with Gasteiger partial charge in [0.15, 0.2) is 5.13 Å². The normalized spacial score (nSPS) is 18.1. The second kappa shape index (κ2) is 13.5. The molecule has 0 bridgehead atoms. The lowest BCUT2D eigenvalue weighted by molar-refractivity contribution is -0.158. The Kier molecular flexibility index (Phi) is 9.19. The van der Waals surface area contributed by atoms with Gasteiger partial charge in [0.25, 0.3) is 0 Å². The third kappa shape index (κ3) is 6.54. The number of urea groups is 1. The van der Waals surface area contributed by atoms with Crippen LogP contribution in [-0.4, -0.2) is 88.1 Å². The quantitative estimate of drug-likeness (QED) is 0.219. The molecule has 0 unspecified atom stereocenters. The SMILES string of the molecule is CNc1nc2c(CN3C[C@H]4N(C(=O)CN4N(C(=O)NCc4ccc(OC)cc4)C(C)C)[C@@H](Cc4ccc(N)cc4)C3=O)cccc2s1. The van der Waals surface area contributed by atoms with E-state index in [1.807, 2.05) is 80.5 Å². The molecule has 6 rings (SSSR count). The minimum absolute atomic E-state index is 0.0225. The molecule has 2 aliphatic rings. The predicted octanol–water partition coefficient (Wildman–Crippen LogP) is 3.89. The molecular formula is C34H40N8O4S. The fourth-order valence-corrected chi connectivity index (χ4v) is 7.20. The van der Waals surface area contributed by atoms with Crippen LogP contribution in [0.5, 0.6) is 5.75 Å². The summed E-state index contributed by atoms with van der Waals surface area (Å²) in [6.45, 7) is 4.67. The van der Waals surface area contributed by atoms with E-state index in [1.54, 1.807) is 45.4 Å². The number of carbonyl (C=O) groups excluding carboxylic acids is 3. The molecule has 12 nitrogen and oxygen atoms in total. The van der Waals surface area contributed by atoms with Crippen LogP contribution in [0.1, 0.15) is 30.5 Å². The molecule has 4 aromatic rings. The lowest BCUT2D eigenvalue weighted by Gasteiger charge is -2.47. The Balaban J connectivity index is 1.30. The maximum absolute atomic E-state index is 14.3. The van der Waals surface area contributed by atoms with E-state index in [2.05, 4.69) is 10.6 Å². The number of ether oxygens (including phenoxy) is 1. The molecule has 0 saturated carbocycles. The number of thiazole rings is 1. The maximum atomic E-state index is 14.3. The minimum Gasteiger partial charge on any atom is -0.497 e. The monoisotopic (exact) mass is 656 g/mol. The summed E-state index contributed by atoms with van der Waals surface area (Å²) < 4.78 is 6.27. The molecular weight excluding hydrogens is 616 g/mol. The van der Waals surface area contributed by atoms with Crippen molar-refractivity contribution in [3.63, 3.8) is 0 Å². The molecule has 13 heteroatoms. The molecule has 3 heterocycles. The first-order valence-corrected chi connectivity index (χ1v) is 16.5. The zero-order valence-corrected chi connectivity index (χ0v) is 27.8. The van der Waals surface area contributed by atoms with Gasteiger partial charge in [0, 0.05) is 38.3 Å². The van der Waals surface area contributed by atoms with E-state index in [0.29, 0.717) is 25.2 Å². The maximum Gasteiger partial charge on any atom is 0.332 e. The van der Waals surface area contributed by atoms with Crippen molar-refractivity contribution in [2.75, 3.05) is 38.3 Å². The van der Waals surface area contributed by atoms with E-state index in [9.17, 15) is 14.4 Å². The van der Waals surface area contributed by atoms with E-state index in [4.69, 9.17) is 15.5 Å². The number of hydrogen-bond donors (Lipinski definition) is 3. The Morgan fingerprint density at radius 2 is 1.81 bits per heavy atom. The van der Waals surface area contributed by atoms with Gasteiger partial charge in [0.2, 0.25) is 11.8 Å². The van der Waals surface area contributed by atoms with Gasteiger partial charge in [-0.3, -0.25) is 14.6 Å². The molecule has 2 saturated heterocycles. The van der Waals surface area contributed by atoms with Crippen LogP contribution in [-0.2, 0) is 29.1 Å². The molecule has 3 aromatic carbocycles. The molecule has 2 fully saturated rings. The number of nitrogens with zero attached hydrogens (tertiary/aromatic N) is 5. The number of nitrogens with two attached hydrogens (primary N) is 1. The summed E-state index contributed by atoms with van der Waals surface area (Å²) in [5.74, 6) is 0.393. The Morgan fingerprint density at radius 3 is 2.49 bits per heavy atom. The third-order valence-corrected chi connectivity index (χ3v) is 9.67. The molecule has 4 amide bonds. The van der Waals surface area contributed by atoms with E-state index in [0.717, 1.165) is 37.8 Å². The highest BCUT2D eigenvalue weighted by molar-refractivity contribution is 7.22. The number of aromatic nitrogens is 1. The number of anilines is 2. The number of rotatable bonds is 10. The summed E-state index contributed by atoms with van der Waals surface area (Å²) in [7, 11) is 3.44. The number of para-hydroxylation sites is 1. The zero-order chi connectivity index (χ0) is 33.2. The number of fused-ring (bicyclic) bond motifs is 2. The van der Waals surface area contributed by atoms with E-state index >= 15 is 0 Å². The Hall–Kier alpha value is -4.88. The largest absolute Gasteiger partial charge is 0.497 e. The Morgan fingerprint density at radius 1 is 1.09 bits per heavy atom. The molecule has 0 spiro atoms. The van der Waals surface area contributed by atoms with Crippen molar-refractivity contribution in [1.29, 1.82) is 0 Å². The fourth-order valence-electron chi connectivity index (χ4n) is 6.34. The van der Waals surface area contributed by atoms with Crippen LogP contribution in [0.25, 0.3) is 10.2 Å². The molecule has 4 N–H and O–H groups in total. The first-order chi connectivity index (χ1) is 22.7. The van der Waals surface area contributed by atoms with Gasteiger partial charge in [-0.05, 0) is 60.9 Å². The number of hydrogen-bond acceptors (Lipinski definition) is 9. The Labute approximate surface area is 278 Å². The minimum atomic E-state index is -0.756. The third-order valence-electron chi connectivity index (χ3n) is 8.63. The highest BCUT2D eigenvalue weighted by atomic mass is 32.1. The van der Waals surface area contributed by atoms with Crippen molar-refractivity contribution in [3.8, 4) is 5.75 Å². The summed E-state index contributed by atoms with van der Waals surface area (Å²) in [5, 5.41) is 10.4. The average molecular weight is 657 g/mol. The van der Waals surface area contributed by atoms with Crippen molar-refractivity contribution >= 4 is 50.2 Å². The van der Waals surface area contributed by atoms with Gasteiger partial charge in [-0.15, -0.1) is 0 Å². The number of nitrogens with one attached hydrogen (secondary N) is 2. The lowest BCUT2D eigenvalue weighted by Crippen LogP contribution is -2.66. The van der Waals surface area contributed by atoms with Crippen molar-refractivity contribution in [2.24, 2.45) is 0 Å². The Bertz CT molecular complexity index is 1760. The van der Waals surface area contributed by atoms with E-state index in [1.165, 1.54) is 0 Å². The number of nitrogen functional groups attached to an aromatic ring is 1. The summed E-state index contributed by atoms with van der Waals surface area (Å²) in [5.41, 5.74) is 10.1. The van der Waals surface area contributed by atoms with Crippen molar-refractivity contribution in [2.45, 2.75) is 51.6 Å². The summed E-state index contributed by atoms with van der Waals surface area (Å²) in [4.78, 5) is 50.1. The van der Waals surface area contributed by atoms with Crippen LogP contribution >= 0.6 is 11.3 Å². The molecule has 0 aliphatic carbocycles. The standard InChI is InChI=1S/C34H40N8O4S/c1-21(2)42(34(45)37-17-23-10-14-26(46-4)15-11-23)40-20-30(43)41-27(16-22-8-12-25(35)13-9-22)32(44)39(19-29(40)41)18-24-6-5-7-28-31(24)38-33(36-3)47-28/h5-15,21,27,29H,16-20,35H2,1-4H3,(H,36,38)(H,37,45)/t27-,29+/m0/s1. The number of piperazine rings is 1. The molecule has 2 atom stereocenters. The van der Waals surface area contributed by atoms with Gasteiger partial charge in [-0.25, -0.2) is 9.78 Å². The van der Waals surface area contributed by atoms with E-state index < -0.39 is 12.2 Å². The number of amides is 4. The number of benzene rings is 3. The van der Waals surface area contributed by atoms with Gasteiger partial charge < -0.3 is 30.9 Å². The van der Waals surface area contributed by atoms with Crippen LogP contribution in [0.4, 0.5) is 15.6 Å². The number of methoxy groups -OCH3 is 1. The predicted molar refractivity (Wildman–Crippen MR) is 182 cm³/mol. The molecule has 1 aromatic heterocycles. The topological polar surface area (TPSA) is 136 Å². The highest BCUT2D eigenvalue weighted by Gasteiger charge is 2.52. The van der Waals surface area contributed by atoms with Crippen LogP contribution in [0.3, 0.4) is 0 Å². The van der Waals surface area contributed by atoms with Crippen LogP contribution < -0.4 is 21.1 Å². The second-order valence-corrected chi connectivity index (χ2v) is 13.1. The van der Waals surface area contributed by atoms with Crippen molar-refractivity contribution in [3.05, 3.63) is 83.4 Å². The highest BCUT2D eigenvalue weighted by Crippen LogP contribution is 2.33. The van der Waals surface area contributed by atoms with Gasteiger partial charge in [0.05, 0.1) is 30.4 Å². The molecule has 2 aliphatic heterocycles. The smallest absolute Gasteiger partial charge is 0.332 e. The number of hydrazine groups is 1. The van der Waals surface area contributed by atoms with Gasteiger partial charge >= 0.3 is 6.03 Å². The van der Waals surface area contributed by atoms with Crippen LogP contribution in [0.2, 0.25) is 0 Å². The first-order valence-electron chi connectivity index (χ1n) is 15.6. The van der Waals surface area contributed by atoms with Gasteiger partial charge in [-0.1, -0.05) is 47.7 Å². The van der Waals surface area contributed by atoms with Gasteiger partial charge in [-0.2, -0.15) is 5.01 Å². The zero-order valence-electron chi connectivity index (χ0n) is 27.0. The van der Waals surface area contributed by atoms with E-state index in [-0.39, 0.29) is 37.0 Å². The summed E-state index contributed by atoms with van der Waals surface area (Å²) in [6.07, 6.45) is -0.224. The first kappa shape index (κ1) is 32.1. The second-order valence-electron chi connectivity index (χ2n) is 12.0. The lowest BCUT2D eigenvalue weighted by atomic mass is 9.99. The molecule has 0 radical (unpaired) electrons. The summed E-state index contributed by atoms with van der Waals surface area (Å²) in [6, 6.07) is 19.5. The molecule has 47 heavy (non-hydrogen) atoms.